The minimum atomic E-state index is -0.890. The fraction of sp³-hybridized carbons (Fsp3) is 0. The van der Waals surface area contributed by atoms with Gasteiger partial charge in [-0.15, -0.1) is 0 Å². The molecule has 2 N–H and O–H groups in total. The van der Waals surface area contributed by atoms with Crippen molar-refractivity contribution in [3.8, 4) is 17.0 Å². The molecule has 0 spiro atoms. The van der Waals surface area contributed by atoms with Crippen LogP contribution in [0.5, 0.6) is 5.75 Å². The van der Waals surface area contributed by atoms with Gasteiger partial charge in [0, 0.05) is 17.8 Å². The summed E-state index contributed by atoms with van der Waals surface area (Å²) >= 11 is 0. The van der Waals surface area contributed by atoms with E-state index in [2.05, 4.69) is 4.98 Å². The van der Waals surface area contributed by atoms with Crippen LogP contribution in [0, 0.1) is 11.6 Å². The zero-order chi connectivity index (χ0) is 14.3. The molecule has 20 heavy (non-hydrogen) atoms. The molecule has 0 amide bonds. The zero-order valence-corrected chi connectivity index (χ0v) is 10.2. The molecule has 0 aliphatic carbocycles. The van der Waals surface area contributed by atoms with Crippen LogP contribution in [0.3, 0.4) is 0 Å². The number of aromatic hydroxyl groups is 1. The van der Waals surface area contributed by atoms with E-state index in [1.165, 1.54) is 18.2 Å². The molecule has 1 aromatic heterocycles. The monoisotopic (exact) mass is 273 g/mol. The Morgan fingerprint density at radius 1 is 1.00 bits per heavy atom. The lowest BCUT2D eigenvalue weighted by Gasteiger charge is -2.06. The van der Waals surface area contributed by atoms with Crippen molar-refractivity contribution in [3.05, 3.63) is 64.3 Å². The fourth-order valence-corrected chi connectivity index (χ4v) is 2.10. The summed E-state index contributed by atoms with van der Waals surface area (Å²) in [6.07, 6.45) is 0. The number of benzene rings is 2. The predicted octanol–water partition coefficient (Wildman–Crippen LogP) is 3.18. The van der Waals surface area contributed by atoms with E-state index < -0.39 is 17.1 Å². The maximum absolute atomic E-state index is 13.6. The Bertz CT molecular complexity index is 854. The van der Waals surface area contributed by atoms with Crippen LogP contribution in [-0.4, -0.2) is 10.1 Å². The maximum atomic E-state index is 13.6. The standard InChI is InChI=1S/C15H9F2NO2/c16-9-5-11(17)15-13(6-9)18-12(7-14(15)20)8-1-3-10(19)4-2-8/h1-7,19H,(H,18,20). The summed E-state index contributed by atoms with van der Waals surface area (Å²) in [6.45, 7) is 0. The number of pyridine rings is 1. The molecule has 0 saturated heterocycles. The molecule has 0 fully saturated rings. The average molecular weight is 273 g/mol. The van der Waals surface area contributed by atoms with Gasteiger partial charge in [-0.25, -0.2) is 8.78 Å². The molecular formula is C15H9F2NO2. The summed E-state index contributed by atoms with van der Waals surface area (Å²) in [5.41, 5.74) is 0.622. The number of hydrogen-bond acceptors (Lipinski definition) is 2. The number of phenols is 1. The highest BCUT2D eigenvalue weighted by Gasteiger charge is 2.10. The number of phenolic OH excluding ortho intramolecular Hbond substituents is 1. The molecule has 0 saturated carbocycles. The number of fused-ring (bicyclic) bond motifs is 1. The minimum absolute atomic E-state index is 0.0916. The van der Waals surface area contributed by atoms with Gasteiger partial charge in [-0.2, -0.15) is 0 Å². The summed E-state index contributed by atoms with van der Waals surface area (Å²) in [6, 6.07) is 9.12. The number of rotatable bonds is 1. The van der Waals surface area contributed by atoms with Crippen LogP contribution < -0.4 is 5.43 Å². The molecule has 2 aromatic carbocycles. The van der Waals surface area contributed by atoms with E-state index in [-0.39, 0.29) is 16.7 Å². The molecule has 0 bridgehead atoms. The van der Waals surface area contributed by atoms with Crippen LogP contribution in [0.4, 0.5) is 8.78 Å². The van der Waals surface area contributed by atoms with Gasteiger partial charge in [0.25, 0.3) is 0 Å². The number of aromatic amines is 1. The van der Waals surface area contributed by atoms with Crippen LogP contribution in [0.2, 0.25) is 0 Å². The van der Waals surface area contributed by atoms with Crippen molar-refractivity contribution in [2.24, 2.45) is 0 Å². The number of aromatic nitrogens is 1. The van der Waals surface area contributed by atoms with Gasteiger partial charge in [0.05, 0.1) is 10.9 Å². The molecule has 0 unspecified atom stereocenters. The molecule has 100 valence electrons. The van der Waals surface area contributed by atoms with E-state index in [4.69, 9.17) is 0 Å². The highest BCUT2D eigenvalue weighted by atomic mass is 19.1. The molecule has 1 heterocycles. The quantitative estimate of drug-likeness (QED) is 0.715. The Morgan fingerprint density at radius 2 is 1.70 bits per heavy atom. The van der Waals surface area contributed by atoms with Crippen molar-refractivity contribution in [3.63, 3.8) is 0 Å². The third-order valence-corrected chi connectivity index (χ3v) is 3.02. The Balaban J connectivity index is 2.29. The first-order valence-corrected chi connectivity index (χ1v) is 5.86. The third kappa shape index (κ3) is 2.03. The van der Waals surface area contributed by atoms with Gasteiger partial charge in [-0.3, -0.25) is 4.79 Å². The van der Waals surface area contributed by atoms with Crippen molar-refractivity contribution >= 4 is 10.9 Å². The second-order valence-electron chi connectivity index (χ2n) is 4.40. The second kappa shape index (κ2) is 4.45. The van der Waals surface area contributed by atoms with Gasteiger partial charge in [0.15, 0.2) is 5.43 Å². The molecule has 0 aliphatic rings. The Labute approximate surface area is 112 Å². The van der Waals surface area contributed by atoms with E-state index in [0.29, 0.717) is 17.3 Å². The largest absolute Gasteiger partial charge is 0.508 e. The zero-order valence-electron chi connectivity index (χ0n) is 10.2. The van der Waals surface area contributed by atoms with Gasteiger partial charge < -0.3 is 10.1 Å². The molecule has 5 heteroatoms. The number of H-pyrrole nitrogens is 1. The highest BCUT2D eigenvalue weighted by Crippen LogP contribution is 2.22. The van der Waals surface area contributed by atoms with Crippen LogP contribution in [0.15, 0.2) is 47.3 Å². The molecule has 3 rings (SSSR count). The van der Waals surface area contributed by atoms with E-state index in [1.54, 1.807) is 12.1 Å². The summed E-state index contributed by atoms with van der Waals surface area (Å²) in [5.74, 6) is -1.55. The Morgan fingerprint density at radius 3 is 2.40 bits per heavy atom. The lowest BCUT2D eigenvalue weighted by Crippen LogP contribution is -2.05. The fourth-order valence-electron chi connectivity index (χ4n) is 2.10. The number of halogens is 2. The van der Waals surface area contributed by atoms with Crippen molar-refractivity contribution in [2.45, 2.75) is 0 Å². The molecule has 3 nitrogen and oxygen atoms in total. The first-order valence-electron chi connectivity index (χ1n) is 5.86. The van der Waals surface area contributed by atoms with Crippen LogP contribution in [-0.2, 0) is 0 Å². The van der Waals surface area contributed by atoms with Gasteiger partial charge in [-0.1, -0.05) is 0 Å². The molecule has 0 aliphatic heterocycles. The first-order chi connectivity index (χ1) is 9.54. The number of nitrogens with one attached hydrogen (secondary N) is 1. The van der Waals surface area contributed by atoms with Crippen molar-refractivity contribution in [2.75, 3.05) is 0 Å². The van der Waals surface area contributed by atoms with Gasteiger partial charge >= 0.3 is 0 Å². The second-order valence-corrected chi connectivity index (χ2v) is 4.40. The van der Waals surface area contributed by atoms with Crippen molar-refractivity contribution < 1.29 is 13.9 Å². The summed E-state index contributed by atoms with van der Waals surface area (Å²) < 4.78 is 26.8. The smallest absolute Gasteiger partial charge is 0.192 e. The Hall–Kier alpha value is -2.69. The van der Waals surface area contributed by atoms with Crippen molar-refractivity contribution in [1.82, 2.24) is 4.98 Å². The van der Waals surface area contributed by atoms with Crippen LogP contribution in [0.1, 0.15) is 0 Å². The van der Waals surface area contributed by atoms with Crippen molar-refractivity contribution in [1.29, 1.82) is 0 Å². The normalized spacial score (nSPS) is 10.9. The first kappa shape index (κ1) is 12.3. The predicted molar refractivity (Wildman–Crippen MR) is 71.6 cm³/mol. The molecule has 3 aromatic rings. The molecule has 0 atom stereocenters. The van der Waals surface area contributed by atoms with Gasteiger partial charge in [0.1, 0.15) is 17.4 Å². The van der Waals surface area contributed by atoms with E-state index in [1.807, 2.05) is 0 Å². The van der Waals surface area contributed by atoms with E-state index in [0.717, 1.165) is 6.07 Å². The highest BCUT2D eigenvalue weighted by molar-refractivity contribution is 5.82. The summed E-state index contributed by atoms with van der Waals surface area (Å²) in [5, 5.41) is 9.06. The molecular weight excluding hydrogens is 264 g/mol. The topological polar surface area (TPSA) is 53.1 Å². The SMILES string of the molecule is O=c1cc(-c2ccc(O)cc2)[nH]c2cc(F)cc(F)c12. The average Bonchev–Trinajstić information content (AvgIpc) is 2.38. The minimum Gasteiger partial charge on any atom is -0.508 e. The third-order valence-electron chi connectivity index (χ3n) is 3.02. The summed E-state index contributed by atoms with van der Waals surface area (Å²) in [4.78, 5) is 14.8. The van der Waals surface area contributed by atoms with E-state index >= 15 is 0 Å². The van der Waals surface area contributed by atoms with E-state index in [9.17, 15) is 18.7 Å². The van der Waals surface area contributed by atoms with Crippen LogP contribution in [0.25, 0.3) is 22.2 Å². The van der Waals surface area contributed by atoms with Gasteiger partial charge in [-0.05, 0) is 35.9 Å². The summed E-state index contributed by atoms with van der Waals surface area (Å²) in [7, 11) is 0. The lowest BCUT2D eigenvalue weighted by molar-refractivity contribution is 0.475. The lowest BCUT2D eigenvalue weighted by atomic mass is 10.1. The number of hydrogen-bond donors (Lipinski definition) is 2. The Kier molecular flexibility index (Phi) is 2.75. The maximum Gasteiger partial charge on any atom is 0.192 e. The van der Waals surface area contributed by atoms with Gasteiger partial charge in [0.2, 0.25) is 0 Å². The molecule has 0 radical (unpaired) electrons. The van der Waals surface area contributed by atoms with Crippen LogP contribution >= 0.6 is 0 Å².